The zero-order chi connectivity index (χ0) is 12.8. The Morgan fingerprint density at radius 1 is 1.16 bits per heavy atom. The Hall–Kier alpha value is -2.96. The molecule has 3 heterocycles. The molecule has 0 aliphatic carbocycles. The van der Waals surface area contributed by atoms with Crippen molar-refractivity contribution in [1.82, 2.24) is 25.1 Å². The number of rotatable bonds is 1. The maximum Gasteiger partial charge on any atom is 0.181 e. The van der Waals surface area contributed by atoms with Crippen LogP contribution in [0.1, 0.15) is 0 Å². The first-order valence-electron chi connectivity index (χ1n) is 5.61. The van der Waals surface area contributed by atoms with Crippen molar-refractivity contribution < 1.29 is 4.42 Å². The van der Waals surface area contributed by atoms with Gasteiger partial charge in [0.1, 0.15) is 23.4 Å². The van der Waals surface area contributed by atoms with Gasteiger partial charge in [-0.3, -0.25) is 5.10 Å². The lowest BCUT2D eigenvalue weighted by Crippen LogP contribution is -1.92. The van der Waals surface area contributed by atoms with Crippen LogP contribution in [0.5, 0.6) is 0 Å². The lowest BCUT2D eigenvalue weighted by molar-refractivity contribution is 0.602. The van der Waals surface area contributed by atoms with Crippen molar-refractivity contribution >= 4 is 28.0 Å². The number of nitrogens with two attached hydrogens (primary N) is 1. The van der Waals surface area contributed by atoms with Crippen molar-refractivity contribution in [2.75, 3.05) is 5.73 Å². The molecule has 0 radical (unpaired) electrons. The van der Waals surface area contributed by atoms with Gasteiger partial charge in [0.05, 0.1) is 5.39 Å². The summed E-state index contributed by atoms with van der Waals surface area (Å²) in [6.45, 7) is 0. The highest BCUT2D eigenvalue weighted by Crippen LogP contribution is 2.29. The molecule has 0 aliphatic heterocycles. The van der Waals surface area contributed by atoms with Gasteiger partial charge < -0.3 is 10.2 Å². The number of nitrogens with one attached hydrogen (secondary N) is 1. The summed E-state index contributed by atoms with van der Waals surface area (Å²) in [4.78, 5) is 12.2. The molecule has 0 aliphatic rings. The number of aromatic amines is 1. The third-order valence-electron chi connectivity index (χ3n) is 2.99. The summed E-state index contributed by atoms with van der Waals surface area (Å²) in [7, 11) is 0. The zero-order valence-corrected chi connectivity index (χ0v) is 9.66. The summed E-state index contributed by atoms with van der Waals surface area (Å²) >= 11 is 0. The number of anilines is 1. The second kappa shape index (κ2) is 3.52. The van der Waals surface area contributed by atoms with Gasteiger partial charge in [-0.2, -0.15) is 5.10 Å². The minimum atomic E-state index is 0.397. The van der Waals surface area contributed by atoms with Crippen LogP contribution in [0.3, 0.4) is 0 Å². The summed E-state index contributed by atoms with van der Waals surface area (Å²) in [5.41, 5.74) is 9.59. The number of nitrogens with zero attached hydrogens (tertiary/aromatic N) is 4. The van der Waals surface area contributed by atoms with Crippen LogP contribution in [0.15, 0.2) is 35.3 Å². The van der Waals surface area contributed by atoms with Gasteiger partial charge in [0.25, 0.3) is 0 Å². The molecule has 7 nitrogen and oxygen atoms in total. The van der Waals surface area contributed by atoms with Crippen LogP contribution in [-0.4, -0.2) is 25.1 Å². The van der Waals surface area contributed by atoms with Crippen LogP contribution in [-0.2, 0) is 0 Å². The minimum Gasteiger partial charge on any atom is -0.443 e. The Morgan fingerprint density at radius 2 is 2.11 bits per heavy atom. The van der Waals surface area contributed by atoms with E-state index in [1.807, 2.05) is 18.2 Å². The van der Waals surface area contributed by atoms with Gasteiger partial charge in [-0.1, -0.05) is 0 Å². The zero-order valence-electron chi connectivity index (χ0n) is 9.66. The van der Waals surface area contributed by atoms with Gasteiger partial charge in [0.2, 0.25) is 0 Å². The Kier molecular flexibility index (Phi) is 1.85. The van der Waals surface area contributed by atoms with E-state index in [0.717, 1.165) is 16.7 Å². The van der Waals surface area contributed by atoms with Gasteiger partial charge >= 0.3 is 0 Å². The molecule has 0 amide bonds. The van der Waals surface area contributed by atoms with E-state index in [-0.39, 0.29) is 0 Å². The molecular weight excluding hydrogens is 244 g/mol. The molecule has 3 N–H and O–H groups in total. The second-order valence-corrected chi connectivity index (χ2v) is 4.09. The van der Waals surface area contributed by atoms with Crippen molar-refractivity contribution in [2.45, 2.75) is 0 Å². The van der Waals surface area contributed by atoms with Crippen LogP contribution in [0.4, 0.5) is 5.82 Å². The average Bonchev–Trinajstić information content (AvgIpc) is 3.04. The first-order valence-corrected chi connectivity index (χ1v) is 5.61. The molecule has 0 saturated carbocycles. The molecule has 0 spiro atoms. The fraction of sp³-hybridized carbons (Fsp3) is 0. The normalized spacial score (nSPS) is 11.4. The van der Waals surface area contributed by atoms with Crippen molar-refractivity contribution in [2.24, 2.45) is 0 Å². The Bertz CT molecular complexity index is 893. The van der Waals surface area contributed by atoms with Crippen LogP contribution in [0.2, 0.25) is 0 Å². The van der Waals surface area contributed by atoms with Gasteiger partial charge in [0, 0.05) is 5.56 Å². The van der Waals surface area contributed by atoms with E-state index in [1.54, 1.807) is 0 Å². The Morgan fingerprint density at radius 3 is 3.05 bits per heavy atom. The van der Waals surface area contributed by atoms with Crippen molar-refractivity contribution in [3.8, 4) is 11.3 Å². The van der Waals surface area contributed by atoms with E-state index in [4.69, 9.17) is 10.2 Å². The summed E-state index contributed by atoms with van der Waals surface area (Å²) in [5, 5.41) is 7.81. The Balaban J connectivity index is 2.03. The number of oxazole rings is 1. The highest BCUT2D eigenvalue weighted by Gasteiger charge is 2.13. The van der Waals surface area contributed by atoms with Gasteiger partial charge in [-0.05, 0) is 18.2 Å². The Labute approximate surface area is 106 Å². The van der Waals surface area contributed by atoms with E-state index in [2.05, 4.69) is 25.1 Å². The third kappa shape index (κ3) is 1.38. The van der Waals surface area contributed by atoms with Crippen molar-refractivity contribution in [3.63, 3.8) is 0 Å². The maximum absolute atomic E-state index is 5.89. The van der Waals surface area contributed by atoms with Crippen molar-refractivity contribution in [1.29, 1.82) is 0 Å². The molecule has 1 aromatic carbocycles. The summed E-state index contributed by atoms with van der Waals surface area (Å²) in [5.74, 6) is 0.397. The van der Waals surface area contributed by atoms with Crippen molar-refractivity contribution in [3.05, 3.63) is 30.9 Å². The highest BCUT2D eigenvalue weighted by atomic mass is 16.3. The first-order chi connectivity index (χ1) is 9.33. The largest absolute Gasteiger partial charge is 0.443 e. The molecule has 4 aromatic rings. The molecule has 0 bridgehead atoms. The molecule has 7 heteroatoms. The van der Waals surface area contributed by atoms with Crippen LogP contribution in [0.25, 0.3) is 33.4 Å². The highest BCUT2D eigenvalue weighted by molar-refractivity contribution is 5.98. The van der Waals surface area contributed by atoms with E-state index in [1.165, 1.54) is 12.7 Å². The number of fused-ring (bicyclic) bond motifs is 2. The number of aromatic nitrogens is 5. The third-order valence-corrected chi connectivity index (χ3v) is 2.99. The summed E-state index contributed by atoms with van der Waals surface area (Å²) in [6, 6.07) is 5.63. The molecule has 0 saturated heterocycles. The topological polar surface area (TPSA) is 107 Å². The van der Waals surface area contributed by atoms with Gasteiger partial charge in [0.15, 0.2) is 17.6 Å². The summed E-state index contributed by atoms with van der Waals surface area (Å²) < 4.78 is 5.21. The minimum absolute atomic E-state index is 0.397. The monoisotopic (exact) mass is 252 g/mol. The molecule has 4 rings (SSSR count). The van der Waals surface area contributed by atoms with E-state index in [9.17, 15) is 0 Å². The number of H-pyrrole nitrogens is 1. The SMILES string of the molecule is Nc1ncnc2[nH]nc(-c3ccc4ocnc4c3)c12. The smallest absolute Gasteiger partial charge is 0.181 e. The predicted molar refractivity (Wildman–Crippen MR) is 69.1 cm³/mol. The molecule has 0 unspecified atom stereocenters. The maximum atomic E-state index is 5.89. The predicted octanol–water partition coefficient (Wildman–Crippen LogP) is 1.74. The lowest BCUT2D eigenvalue weighted by Gasteiger charge is -1.99. The molecule has 0 fully saturated rings. The summed E-state index contributed by atoms with van der Waals surface area (Å²) in [6.07, 6.45) is 2.81. The molecule has 3 aromatic heterocycles. The van der Waals surface area contributed by atoms with Gasteiger partial charge in [-0.15, -0.1) is 0 Å². The van der Waals surface area contributed by atoms with Crippen LogP contribution >= 0.6 is 0 Å². The standard InChI is InChI=1S/C12H8N6O/c13-11-9-10(17-18-12(9)15-4-14-11)6-1-2-8-7(3-6)16-5-19-8/h1-5H,(H3,13,14,15,17,18). The number of hydrogen-bond donors (Lipinski definition) is 2. The number of nitrogen functional groups attached to an aromatic ring is 1. The first kappa shape index (κ1) is 10.0. The second-order valence-electron chi connectivity index (χ2n) is 4.09. The van der Waals surface area contributed by atoms with Gasteiger partial charge in [-0.25, -0.2) is 15.0 Å². The van der Waals surface area contributed by atoms with E-state index in [0.29, 0.717) is 22.5 Å². The van der Waals surface area contributed by atoms with E-state index < -0.39 is 0 Å². The molecule has 19 heavy (non-hydrogen) atoms. The lowest BCUT2D eigenvalue weighted by atomic mass is 10.1. The average molecular weight is 252 g/mol. The van der Waals surface area contributed by atoms with Crippen LogP contribution in [0, 0.1) is 0 Å². The quantitative estimate of drug-likeness (QED) is 0.534. The fourth-order valence-corrected chi connectivity index (χ4v) is 2.10. The molecule has 0 atom stereocenters. The van der Waals surface area contributed by atoms with Crippen LogP contribution < -0.4 is 5.73 Å². The fourth-order valence-electron chi connectivity index (χ4n) is 2.10. The molecule has 92 valence electrons. The molecular formula is C12H8N6O. The van der Waals surface area contributed by atoms with E-state index >= 15 is 0 Å². The number of hydrogen-bond acceptors (Lipinski definition) is 6. The number of benzene rings is 1.